The average molecular weight is 260 g/mol. The first-order chi connectivity index (χ1) is 9.33. The smallest absolute Gasteiger partial charge is 0.264 e. The number of carbonyl (C=O) groups is 1. The maximum absolute atomic E-state index is 12.2. The van der Waals surface area contributed by atoms with E-state index >= 15 is 0 Å². The number of fused-ring (bicyclic) bond motifs is 2. The molecule has 1 amide bonds. The summed E-state index contributed by atoms with van der Waals surface area (Å²) in [5.74, 6) is 2.51. The summed E-state index contributed by atoms with van der Waals surface area (Å²) in [6.45, 7) is 2.31. The van der Waals surface area contributed by atoms with Crippen molar-refractivity contribution in [1.82, 2.24) is 10.6 Å². The second kappa shape index (κ2) is 4.13. The summed E-state index contributed by atoms with van der Waals surface area (Å²) < 4.78 is 11.2. The first-order valence-electron chi connectivity index (χ1n) is 6.72. The third kappa shape index (κ3) is 1.85. The summed E-state index contributed by atoms with van der Waals surface area (Å²) in [4.78, 5) is 12.2. The second-order valence-corrected chi connectivity index (χ2v) is 5.38. The number of carbonyl (C=O) groups excluding carboxylic acids is 1. The van der Waals surface area contributed by atoms with Crippen LogP contribution in [0.15, 0.2) is 24.3 Å². The Morgan fingerprint density at radius 1 is 1.21 bits per heavy atom. The Balaban J connectivity index is 1.40. The molecule has 1 saturated heterocycles. The van der Waals surface area contributed by atoms with Gasteiger partial charge in [-0.15, -0.1) is 0 Å². The summed E-state index contributed by atoms with van der Waals surface area (Å²) in [6, 6.07) is 7.76. The molecule has 2 fully saturated rings. The third-order valence-electron chi connectivity index (χ3n) is 4.20. The van der Waals surface area contributed by atoms with Gasteiger partial charge in [0.05, 0.1) is 0 Å². The maximum Gasteiger partial charge on any atom is 0.264 e. The number of ether oxygens (including phenoxy) is 2. The van der Waals surface area contributed by atoms with E-state index in [9.17, 15) is 4.79 Å². The van der Waals surface area contributed by atoms with E-state index in [1.165, 1.54) is 0 Å². The standard InChI is InChI=1S/C14H16N2O3/c17-14(16-13-8-5-15-6-9(8)13)12-7-18-10-3-1-2-4-11(10)19-12/h1-4,8-9,12-13,15H,5-7H2,(H,16,17). The van der Waals surface area contributed by atoms with E-state index in [0.29, 0.717) is 29.4 Å². The number of nitrogens with one attached hydrogen (secondary N) is 2. The molecule has 0 bridgehead atoms. The molecule has 1 aromatic rings. The molecule has 5 heteroatoms. The molecule has 4 rings (SSSR count). The molecule has 19 heavy (non-hydrogen) atoms. The Morgan fingerprint density at radius 3 is 2.74 bits per heavy atom. The van der Waals surface area contributed by atoms with Crippen molar-refractivity contribution in [2.45, 2.75) is 12.1 Å². The molecule has 0 radical (unpaired) electrons. The Bertz CT molecular complexity index is 509. The minimum absolute atomic E-state index is 0.0612. The molecular formula is C14H16N2O3. The normalized spacial score (nSPS) is 34.5. The van der Waals surface area contributed by atoms with Crippen LogP contribution >= 0.6 is 0 Å². The molecule has 0 aromatic heterocycles. The van der Waals surface area contributed by atoms with E-state index in [1.54, 1.807) is 0 Å². The van der Waals surface area contributed by atoms with Gasteiger partial charge < -0.3 is 20.1 Å². The summed E-state index contributed by atoms with van der Waals surface area (Å²) in [7, 11) is 0. The molecule has 2 N–H and O–H groups in total. The quantitative estimate of drug-likeness (QED) is 0.795. The van der Waals surface area contributed by atoms with Gasteiger partial charge in [0.1, 0.15) is 6.61 Å². The van der Waals surface area contributed by atoms with Crippen molar-refractivity contribution in [3.8, 4) is 11.5 Å². The van der Waals surface area contributed by atoms with E-state index in [0.717, 1.165) is 13.1 Å². The lowest BCUT2D eigenvalue weighted by molar-refractivity contribution is -0.130. The molecule has 0 spiro atoms. The molecule has 3 aliphatic rings. The van der Waals surface area contributed by atoms with Crippen LogP contribution in [0.4, 0.5) is 0 Å². The lowest BCUT2D eigenvalue weighted by Gasteiger charge is -2.25. The van der Waals surface area contributed by atoms with Gasteiger partial charge in [-0.05, 0) is 24.0 Å². The molecule has 100 valence electrons. The zero-order chi connectivity index (χ0) is 12.8. The zero-order valence-corrected chi connectivity index (χ0v) is 10.5. The van der Waals surface area contributed by atoms with Crippen molar-refractivity contribution in [3.63, 3.8) is 0 Å². The highest BCUT2D eigenvalue weighted by Crippen LogP contribution is 2.41. The highest BCUT2D eigenvalue weighted by atomic mass is 16.6. The largest absolute Gasteiger partial charge is 0.485 e. The van der Waals surface area contributed by atoms with Gasteiger partial charge in [-0.2, -0.15) is 0 Å². The van der Waals surface area contributed by atoms with E-state index < -0.39 is 6.10 Å². The van der Waals surface area contributed by atoms with Crippen molar-refractivity contribution in [2.75, 3.05) is 19.7 Å². The number of hydrogen-bond acceptors (Lipinski definition) is 4. The first-order valence-corrected chi connectivity index (χ1v) is 6.72. The molecule has 2 aliphatic heterocycles. The van der Waals surface area contributed by atoms with Gasteiger partial charge in [0.2, 0.25) is 6.10 Å². The summed E-state index contributed by atoms with van der Waals surface area (Å²) in [6.07, 6.45) is -0.538. The van der Waals surface area contributed by atoms with Crippen LogP contribution in [-0.4, -0.2) is 37.7 Å². The highest BCUT2D eigenvalue weighted by molar-refractivity contribution is 5.82. The Labute approximate surface area is 111 Å². The predicted molar refractivity (Wildman–Crippen MR) is 68.1 cm³/mol. The summed E-state index contributed by atoms with van der Waals surface area (Å²) in [5, 5.41) is 6.38. The van der Waals surface area contributed by atoms with Crippen LogP contribution in [0.25, 0.3) is 0 Å². The fraction of sp³-hybridized carbons (Fsp3) is 0.500. The number of benzene rings is 1. The van der Waals surface area contributed by atoms with Crippen molar-refractivity contribution in [1.29, 1.82) is 0 Å². The van der Waals surface area contributed by atoms with E-state index in [4.69, 9.17) is 9.47 Å². The van der Waals surface area contributed by atoms with Gasteiger partial charge >= 0.3 is 0 Å². The van der Waals surface area contributed by atoms with E-state index in [1.807, 2.05) is 24.3 Å². The SMILES string of the molecule is O=C(NC1C2CNCC21)C1COc2ccccc2O1. The van der Waals surface area contributed by atoms with Crippen LogP contribution in [0, 0.1) is 11.8 Å². The number of piperidine rings is 1. The third-order valence-corrected chi connectivity index (χ3v) is 4.20. The average Bonchev–Trinajstić information content (AvgIpc) is 2.88. The van der Waals surface area contributed by atoms with Crippen LogP contribution < -0.4 is 20.1 Å². The Morgan fingerprint density at radius 2 is 1.95 bits per heavy atom. The van der Waals surface area contributed by atoms with Gasteiger partial charge in [0, 0.05) is 19.1 Å². The number of rotatable bonds is 2. The Kier molecular flexibility index (Phi) is 2.41. The minimum atomic E-state index is -0.538. The number of hydrogen-bond donors (Lipinski definition) is 2. The van der Waals surface area contributed by atoms with Crippen LogP contribution in [0.5, 0.6) is 11.5 Å². The molecule has 1 aromatic carbocycles. The molecule has 3 atom stereocenters. The van der Waals surface area contributed by atoms with Gasteiger partial charge in [-0.1, -0.05) is 12.1 Å². The summed E-state index contributed by atoms with van der Waals surface area (Å²) in [5.41, 5.74) is 0. The van der Waals surface area contributed by atoms with Crippen molar-refractivity contribution >= 4 is 5.91 Å². The van der Waals surface area contributed by atoms with Gasteiger partial charge in [0.15, 0.2) is 11.5 Å². The fourth-order valence-corrected chi connectivity index (χ4v) is 3.04. The van der Waals surface area contributed by atoms with Crippen LogP contribution in [0.2, 0.25) is 0 Å². The molecule has 1 aliphatic carbocycles. The van der Waals surface area contributed by atoms with E-state index in [2.05, 4.69) is 10.6 Å². The number of amides is 1. The van der Waals surface area contributed by atoms with Crippen molar-refractivity contribution in [2.24, 2.45) is 11.8 Å². The zero-order valence-electron chi connectivity index (χ0n) is 10.5. The molecule has 2 heterocycles. The topological polar surface area (TPSA) is 59.6 Å². The second-order valence-electron chi connectivity index (χ2n) is 5.38. The van der Waals surface area contributed by atoms with Gasteiger partial charge in [-0.25, -0.2) is 0 Å². The Hall–Kier alpha value is -1.75. The fourth-order valence-electron chi connectivity index (χ4n) is 3.04. The molecule has 3 unspecified atom stereocenters. The monoisotopic (exact) mass is 260 g/mol. The first kappa shape index (κ1) is 11.1. The van der Waals surface area contributed by atoms with Crippen LogP contribution in [0.3, 0.4) is 0 Å². The molecular weight excluding hydrogens is 244 g/mol. The lowest BCUT2D eigenvalue weighted by Crippen LogP contribution is -2.46. The highest BCUT2D eigenvalue weighted by Gasteiger charge is 2.54. The van der Waals surface area contributed by atoms with Gasteiger partial charge in [0.25, 0.3) is 5.91 Å². The number of para-hydroxylation sites is 2. The maximum atomic E-state index is 12.2. The molecule has 5 nitrogen and oxygen atoms in total. The van der Waals surface area contributed by atoms with Crippen LogP contribution in [-0.2, 0) is 4.79 Å². The summed E-state index contributed by atoms with van der Waals surface area (Å²) >= 11 is 0. The van der Waals surface area contributed by atoms with Crippen LogP contribution in [0.1, 0.15) is 0 Å². The lowest BCUT2D eigenvalue weighted by atomic mass is 10.2. The van der Waals surface area contributed by atoms with Gasteiger partial charge in [-0.3, -0.25) is 4.79 Å². The van der Waals surface area contributed by atoms with E-state index in [-0.39, 0.29) is 12.5 Å². The molecule has 1 saturated carbocycles. The minimum Gasteiger partial charge on any atom is -0.485 e. The van der Waals surface area contributed by atoms with Crippen molar-refractivity contribution in [3.05, 3.63) is 24.3 Å². The van der Waals surface area contributed by atoms with Crippen molar-refractivity contribution < 1.29 is 14.3 Å². The predicted octanol–water partition coefficient (Wildman–Crippen LogP) is 0.160.